The largest absolute Gasteiger partial charge is 0.434 e. The number of urea groups is 1. The molecular weight excluding hydrogens is 537 g/mol. The second-order valence-electron chi connectivity index (χ2n) is 10.1. The van der Waals surface area contributed by atoms with Crippen LogP contribution in [0.4, 0.5) is 27.8 Å². The Morgan fingerprint density at radius 1 is 1.08 bits per heavy atom. The molecule has 2 aliphatic rings. The second-order valence-corrected chi connectivity index (χ2v) is 11.1. The van der Waals surface area contributed by atoms with E-state index in [2.05, 4.69) is 20.5 Å². The van der Waals surface area contributed by atoms with E-state index >= 15 is 0 Å². The summed E-state index contributed by atoms with van der Waals surface area (Å²) in [7, 11) is 0. The van der Waals surface area contributed by atoms with Crippen molar-refractivity contribution in [3.05, 3.63) is 23.9 Å². The SMILES string of the molecule is CCNC(=O)Nc1sc2cccnc2c1C(=O)N1CCN(C2CCN(C(=O)OC(C)(C)C(F)(F)F)CC2)CC1. The van der Waals surface area contributed by atoms with E-state index in [0.717, 1.165) is 18.5 Å². The van der Waals surface area contributed by atoms with Crippen LogP contribution in [0.15, 0.2) is 18.3 Å². The summed E-state index contributed by atoms with van der Waals surface area (Å²) in [6.07, 6.45) is -2.78. The van der Waals surface area contributed by atoms with E-state index in [1.54, 1.807) is 17.2 Å². The lowest BCUT2D eigenvalue weighted by Gasteiger charge is -2.43. The Morgan fingerprint density at radius 3 is 2.36 bits per heavy atom. The van der Waals surface area contributed by atoms with Crippen LogP contribution in [-0.4, -0.2) is 101 Å². The number of piperazine rings is 1. The van der Waals surface area contributed by atoms with Gasteiger partial charge in [-0.3, -0.25) is 20.0 Å². The predicted octanol–water partition coefficient (Wildman–Crippen LogP) is 4.14. The van der Waals surface area contributed by atoms with Gasteiger partial charge in [-0.2, -0.15) is 13.2 Å². The first-order chi connectivity index (χ1) is 18.4. The molecule has 0 radical (unpaired) electrons. The fourth-order valence-electron chi connectivity index (χ4n) is 4.73. The van der Waals surface area contributed by atoms with Crippen LogP contribution in [0, 0.1) is 0 Å². The smallest absolute Gasteiger partial charge is 0.427 e. The van der Waals surface area contributed by atoms with E-state index in [9.17, 15) is 27.6 Å². The molecule has 0 spiro atoms. The van der Waals surface area contributed by atoms with Crippen LogP contribution in [0.1, 0.15) is 44.0 Å². The van der Waals surface area contributed by atoms with Crippen molar-refractivity contribution in [3.63, 3.8) is 0 Å². The third kappa shape index (κ3) is 6.38. The van der Waals surface area contributed by atoms with Crippen LogP contribution >= 0.6 is 11.3 Å². The minimum absolute atomic E-state index is 0.153. The molecule has 2 aliphatic heterocycles. The molecule has 14 heteroatoms. The molecule has 0 aliphatic carbocycles. The van der Waals surface area contributed by atoms with Crippen LogP contribution in [-0.2, 0) is 4.74 Å². The van der Waals surface area contributed by atoms with Crippen LogP contribution in [0.25, 0.3) is 10.2 Å². The first kappa shape index (κ1) is 28.9. The molecule has 2 N–H and O–H groups in total. The molecule has 0 saturated carbocycles. The molecular formula is C25H33F3N6O4S. The first-order valence-corrected chi connectivity index (χ1v) is 13.7. The number of nitrogens with one attached hydrogen (secondary N) is 2. The van der Waals surface area contributed by atoms with Crippen molar-refractivity contribution in [2.75, 3.05) is 51.1 Å². The molecule has 4 heterocycles. The number of anilines is 1. The Morgan fingerprint density at radius 2 is 1.74 bits per heavy atom. The van der Waals surface area contributed by atoms with E-state index in [1.165, 1.54) is 16.2 Å². The number of likely N-dealkylation sites (tertiary alicyclic amines) is 1. The third-order valence-corrected chi connectivity index (χ3v) is 8.15. The number of carbonyl (C=O) groups is 3. The molecule has 0 atom stereocenters. The molecule has 39 heavy (non-hydrogen) atoms. The summed E-state index contributed by atoms with van der Waals surface area (Å²) in [5, 5.41) is 5.91. The number of pyridine rings is 1. The summed E-state index contributed by atoms with van der Waals surface area (Å²) in [6.45, 7) is 6.74. The van der Waals surface area contributed by atoms with Gasteiger partial charge in [-0.1, -0.05) is 0 Å². The number of fused-ring (bicyclic) bond motifs is 1. The number of piperidine rings is 1. The molecule has 4 rings (SSSR count). The molecule has 10 nitrogen and oxygen atoms in total. The lowest BCUT2D eigenvalue weighted by atomic mass is 10.0. The number of hydrogen-bond acceptors (Lipinski definition) is 7. The van der Waals surface area contributed by atoms with Crippen molar-refractivity contribution in [1.82, 2.24) is 25.0 Å². The number of alkyl halides is 3. The molecule has 2 aromatic heterocycles. The van der Waals surface area contributed by atoms with E-state index in [4.69, 9.17) is 4.74 Å². The monoisotopic (exact) mass is 570 g/mol. The van der Waals surface area contributed by atoms with Crippen LogP contribution in [0.5, 0.6) is 0 Å². The number of rotatable bonds is 5. The van der Waals surface area contributed by atoms with Gasteiger partial charge in [0.15, 0.2) is 0 Å². The van der Waals surface area contributed by atoms with Crippen molar-refractivity contribution in [2.45, 2.75) is 51.4 Å². The average Bonchev–Trinajstić information content (AvgIpc) is 3.25. The zero-order chi connectivity index (χ0) is 28.4. The van der Waals surface area contributed by atoms with Gasteiger partial charge in [-0.25, -0.2) is 9.59 Å². The zero-order valence-electron chi connectivity index (χ0n) is 22.1. The van der Waals surface area contributed by atoms with Crippen molar-refractivity contribution in [1.29, 1.82) is 0 Å². The Kier molecular flexibility index (Phi) is 8.54. The van der Waals surface area contributed by atoms with Gasteiger partial charge in [-0.05, 0) is 45.7 Å². The van der Waals surface area contributed by atoms with E-state index in [0.29, 0.717) is 74.7 Å². The van der Waals surface area contributed by atoms with Crippen molar-refractivity contribution >= 4 is 44.6 Å². The summed E-state index contributed by atoms with van der Waals surface area (Å²) in [5.41, 5.74) is -1.62. The quantitative estimate of drug-likeness (QED) is 0.560. The van der Waals surface area contributed by atoms with E-state index in [-0.39, 0.29) is 18.0 Å². The number of halogens is 3. The van der Waals surface area contributed by atoms with Gasteiger partial charge in [0, 0.05) is 58.1 Å². The molecule has 0 bridgehead atoms. The van der Waals surface area contributed by atoms with Crippen LogP contribution in [0.3, 0.4) is 0 Å². The Labute approximate surface area is 228 Å². The predicted molar refractivity (Wildman–Crippen MR) is 141 cm³/mol. The lowest BCUT2D eigenvalue weighted by molar-refractivity contribution is -0.246. The number of ether oxygens (including phenoxy) is 1. The molecule has 0 aromatic carbocycles. The van der Waals surface area contributed by atoms with Gasteiger partial charge in [0.2, 0.25) is 5.60 Å². The number of nitrogens with zero attached hydrogens (tertiary/aromatic N) is 4. The molecule has 2 fully saturated rings. The van der Waals surface area contributed by atoms with Crippen LogP contribution < -0.4 is 10.6 Å². The molecule has 214 valence electrons. The first-order valence-electron chi connectivity index (χ1n) is 12.9. The normalized spacial score (nSPS) is 17.8. The highest BCUT2D eigenvalue weighted by atomic mass is 32.1. The number of thiophene rings is 1. The minimum Gasteiger partial charge on any atom is -0.434 e. The fourth-order valence-corrected chi connectivity index (χ4v) is 5.77. The zero-order valence-corrected chi connectivity index (χ0v) is 23.0. The highest BCUT2D eigenvalue weighted by Crippen LogP contribution is 2.36. The Balaban J connectivity index is 1.34. The fraction of sp³-hybridized carbons (Fsp3) is 0.600. The lowest BCUT2D eigenvalue weighted by Crippen LogP contribution is -2.55. The Bertz CT molecular complexity index is 1200. The summed E-state index contributed by atoms with van der Waals surface area (Å²) in [4.78, 5) is 47.8. The summed E-state index contributed by atoms with van der Waals surface area (Å²) in [5.74, 6) is -0.198. The standard InChI is InChI=1S/C25H33F3N6O4S/c1-4-29-22(36)31-20-18(19-17(39-20)6-5-9-30-19)21(35)33-14-12-32(13-15-33)16-7-10-34(11-8-16)23(37)38-24(2,3)25(26,27)28/h5-6,9,16H,4,7-8,10-15H2,1-3H3,(H2,29,31,36). The van der Waals surface area contributed by atoms with Crippen molar-refractivity contribution in [2.24, 2.45) is 0 Å². The highest BCUT2D eigenvalue weighted by Gasteiger charge is 2.51. The van der Waals surface area contributed by atoms with Gasteiger partial charge in [0.05, 0.1) is 10.2 Å². The van der Waals surface area contributed by atoms with E-state index < -0.39 is 17.9 Å². The molecule has 0 unspecified atom stereocenters. The number of aromatic nitrogens is 1. The number of amides is 4. The molecule has 2 aromatic rings. The average molecular weight is 571 g/mol. The maximum absolute atomic E-state index is 13.6. The maximum Gasteiger partial charge on any atom is 0.427 e. The van der Waals surface area contributed by atoms with Gasteiger partial charge < -0.3 is 19.9 Å². The van der Waals surface area contributed by atoms with Gasteiger partial charge in [-0.15, -0.1) is 11.3 Å². The number of hydrogen-bond donors (Lipinski definition) is 2. The summed E-state index contributed by atoms with van der Waals surface area (Å²) >= 11 is 1.30. The summed E-state index contributed by atoms with van der Waals surface area (Å²) in [6, 6.07) is 3.40. The summed E-state index contributed by atoms with van der Waals surface area (Å²) < 4.78 is 44.8. The van der Waals surface area contributed by atoms with E-state index in [1.807, 2.05) is 13.0 Å². The third-order valence-electron chi connectivity index (χ3n) is 7.09. The van der Waals surface area contributed by atoms with Gasteiger partial charge >= 0.3 is 18.3 Å². The second kappa shape index (κ2) is 11.5. The van der Waals surface area contributed by atoms with Gasteiger partial charge in [0.25, 0.3) is 5.91 Å². The van der Waals surface area contributed by atoms with Crippen molar-refractivity contribution < 1.29 is 32.3 Å². The van der Waals surface area contributed by atoms with Crippen molar-refractivity contribution in [3.8, 4) is 0 Å². The van der Waals surface area contributed by atoms with Crippen LogP contribution in [0.2, 0.25) is 0 Å². The minimum atomic E-state index is -4.65. The highest BCUT2D eigenvalue weighted by molar-refractivity contribution is 7.23. The van der Waals surface area contributed by atoms with Gasteiger partial charge in [0.1, 0.15) is 10.6 Å². The Hall–Kier alpha value is -3.13. The molecule has 4 amide bonds. The number of carbonyl (C=O) groups excluding carboxylic acids is 3. The maximum atomic E-state index is 13.6. The molecule has 2 saturated heterocycles. The topological polar surface area (TPSA) is 107 Å².